The first-order chi connectivity index (χ1) is 17.5. The summed E-state index contributed by atoms with van der Waals surface area (Å²) in [6, 6.07) is 12.8. The lowest BCUT2D eigenvalue weighted by Crippen LogP contribution is -2.59. The molecule has 2 fully saturated rings. The third-order valence-corrected chi connectivity index (χ3v) is 7.07. The number of hydrazine groups is 1. The van der Waals surface area contributed by atoms with Crippen molar-refractivity contribution in [1.29, 1.82) is 0 Å². The minimum absolute atomic E-state index is 0.181. The van der Waals surface area contributed by atoms with Gasteiger partial charge in [0.2, 0.25) is 11.8 Å². The van der Waals surface area contributed by atoms with Gasteiger partial charge < -0.3 is 10.1 Å². The number of rotatable bonds is 6. The monoisotopic (exact) mass is 492 g/mol. The van der Waals surface area contributed by atoms with Gasteiger partial charge in [-0.2, -0.15) is 0 Å². The zero-order valence-electron chi connectivity index (χ0n) is 19.9. The number of hydrogen-bond donors (Lipinski definition) is 2. The van der Waals surface area contributed by atoms with Crippen LogP contribution in [0.15, 0.2) is 60.7 Å². The highest BCUT2D eigenvalue weighted by atomic mass is 19.1. The molecular formula is C27H29FN4O4. The summed E-state index contributed by atoms with van der Waals surface area (Å²) in [5, 5.41) is 4.22. The Bertz CT molecular complexity index is 1180. The van der Waals surface area contributed by atoms with Crippen LogP contribution in [0.5, 0.6) is 0 Å². The lowest BCUT2D eigenvalue weighted by atomic mass is 9.80. The number of fused-ring (bicyclic) bond motifs is 1. The maximum absolute atomic E-state index is 13.9. The Morgan fingerprint density at radius 3 is 2.58 bits per heavy atom. The van der Waals surface area contributed by atoms with E-state index >= 15 is 0 Å². The number of carbonyl (C=O) groups excluding carboxylic acids is 3. The molecular weight excluding hydrogens is 463 g/mol. The predicted molar refractivity (Wildman–Crippen MR) is 131 cm³/mol. The van der Waals surface area contributed by atoms with Gasteiger partial charge in [0.25, 0.3) is 5.91 Å². The van der Waals surface area contributed by atoms with Crippen LogP contribution in [-0.4, -0.2) is 55.5 Å². The molecule has 3 aliphatic rings. The quantitative estimate of drug-likeness (QED) is 0.605. The van der Waals surface area contributed by atoms with E-state index in [1.807, 2.05) is 18.2 Å². The van der Waals surface area contributed by atoms with Crippen molar-refractivity contribution >= 4 is 23.4 Å². The second kappa shape index (κ2) is 10.6. The molecule has 0 radical (unpaired) electrons. The van der Waals surface area contributed by atoms with Gasteiger partial charge in [0.05, 0.1) is 36.8 Å². The van der Waals surface area contributed by atoms with Gasteiger partial charge >= 0.3 is 0 Å². The summed E-state index contributed by atoms with van der Waals surface area (Å²) in [6.45, 7) is 2.80. The fraction of sp³-hybridized carbons (Fsp3) is 0.370. The van der Waals surface area contributed by atoms with Crippen LogP contribution in [0.2, 0.25) is 0 Å². The van der Waals surface area contributed by atoms with E-state index in [4.69, 9.17) is 4.74 Å². The topological polar surface area (TPSA) is 91.0 Å². The molecule has 9 heteroatoms. The van der Waals surface area contributed by atoms with Crippen LogP contribution in [-0.2, 0) is 14.3 Å². The van der Waals surface area contributed by atoms with Gasteiger partial charge in [0.15, 0.2) is 0 Å². The number of allylic oxidation sites excluding steroid dienone is 2. The van der Waals surface area contributed by atoms with Crippen molar-refractivity contribution in [2.75, 3.05) is 37.9 Å². The van der Waals surface area contributed by atoms with Crippen LogP contribution in [0.3, 0.4) is 0 Å². The number of morpholine rings is 1. The van der Waals surface area contributed by atoms with E-state index in [9.17, 15) is 18.8 Å². The third kappa shape index (κ3) is 5.03. The molecule has 1 aliphatic carbocycles. The van der Waals surface area contributed by atoms with E-state index in [1.165, 1.54) is 17.1 Å². The predicted octanol–water partition coefficient (Wildman–Crippen LogP) is 2.59. The average molecular weight is 493 g/mol. The molecule has 3 unspecified atom stereocenters. The van der Waals surface area contributed by atoms with Gasteiger partial charge in [-0.25, -0.2) is 9.40 Å². The Morgan fingerprint density at radius 2 is 1.81 bits per heavy atom. The summed E-state index contributed by atoms with van der Waals surface area (Å²) < 4.78 is 19.4. The normalized spacial score (nSPS) is 23.1. The van der Waals surface area contributed by atoms with E-state index in [2.05, 4.69) is 15.6 Å². The number of amides is 3. The standard InChI is InChI=1S/C27H29FN4O4/c28-20-7-3-5-18(15-20)24(31-11-13-36-14-12-31)17-29-25(33)19-6-4-8-21(16-19)32-27(35)23-10-2-1-9-22(23)26(34)30-32/h1-8,15-16,22-24H,9-14,17H2,(H,29,33)(H,30,34). The zero-order valence-corrected chi connectivity index (χ0v) is 19.9. The maximum Gasteiger partial charge on any atom is 0.251 e. The summed E-state index contributed by atoms with van der Waals surface area (Å²) in [5.74, 6) is -1.77. The molecule has 2 aromatic carbocycles. The van der Waals surface area contributed by atoms with Gasteiger partial charge in [-0.1, -0.05) is 30.4 Å². The van der Waals surface area contributed by atoms with Gasteiger partial charge in [-0.3, -0.25) is 24.7 Å². The Hall–Kier alpha value is -3.56. The Balaban J connectivity index is 1.31. The van der Waals surface area contributed by atoms with Crippen molar-refractivity contribution in [2.24, 2.45) is 11.8 Å². The zero-order chi connectivity index (χ0) is 25.1. The molecule has 188 valence electrons. The average Bonchev–Trinajstić information content (AvgIpc) is 2.91. The molecule has 3 amide bonds. The Morgan fingerprint density at radius 1 is 1.06 bits per heavy atom. The molecule has 2 heterocycles. The molecule has 8 nitrogen and oxygen atoms in total. The molecule has 5 rings (SSSR count). The SMILES string of the molecule is O=C(NCC(c1cccc(F)c1)N1CCOCC1)c1cccc(N2NC(=O)C3CC=CCC3C2=O)c1. The van der Waals surface area contributed by atoms with E-state index in [0.29, 0.717) is 50.4 Å². The molecule has 2 saturated heterocycles. The van der Waals surface area contributed by atoms with Crippen LogP contribution in [0.4, 0.5) is 10.1 Å². The lowest BCUT2D eigenvalue weighted by molar-refractivity contribution is -0.139. The third-order valence-electron chi connectivity index (χ3n) is 7.07. The number of ether oxygens (including phenoxy) is 1. The number of carbonyl (C=O) groups is 3. The number of anilines is 1. The van der Waals surface area contributed by atoms with Crippen LogP contribution in [0, 0.1) is 17.7 Å². The van der Waals surface area contributed by atoms with E-state index in [1.54, 1.807) is 30.3 Å². The van der Waals surface area contributed by atoms with Gasteiger partial charge in [0, 0.05) is 25.2 Å². The van der Waals surface area contributed by atoms with Gasteiger partial charge in [-0.05, 0) is 48.7 Å². The summed E-state index contributed by atoms with van der Waals surface area (Å²) in [6.07, 6.45) is 4.94. The highest BCUT2D eigenvalue weighted by Crippen LogP contribution is 2.32. The lowest BCUT2D eigenvalue weighted by Gasteiger charge is -2.38. The summed E-state index contributed by atoms with van der Waals surface area (Å²) >= 11 is 0. The molecule has 0 spiro atoms. The number of nitrogens with zero attached hydrogens (tertiary/aromatic N) is 2. The van der Waals surface area contributed by atoms with E-state index in [0.717, 1.165) is 5.56 Å². The van der Waals surface area contributed by atoms with Crippen molar-refractivity contribution in [1.82, 2.24) is 15.6 Å². The van der Waals surface area contributed by atoms with E-state index in [-0.39, 0.29) is 42.0 Å². The molecule has 2 aromatic rings. The van der Waals surface area contributed by atoms with Crippen molar-refractivity contribution in [3.8, 4) is 0 Å². The summed E-state index contributed by atoms with van der Waals surface area (Å²) in [7, 11) is 0. The first-order valence-electron chi connectivity index (χ1n) is 12.3. The summed E-state index contributed by atoms with van der Waals surface area (Å²) in [5.41, 5.74) is 4.27. The molecule has 36 heavy (non-hydrogen) atoms. The first-order valence-corrected chi connectivity index (χ1v) is 12.3. The number of nitrogens with one attached hydrogen (secondary N) is 2. The second-order valence-electron chi connectivity index (χ2n) is 9.28. The highest BCUT2D eigenvalue weighted by molar-refractivity contribution is 6.05. The van der Waals surface area contributed by atoms with Crippen molar-refractivity contribution < 1.29 is 23.5 Å². The molecule has 2 N–H and O–H groups in total. The summed E-state index contributed by atoms with van der Waals surface area (Å²) in [4.78, 5) is 41.0. The van der Waals surface area contributed by atoms with Crippen molar-refractivity contribution in [2.45, 2.75) is 18.9 Å². The maximum atomic E-state index is 13.9. The number of benzene rings is 2. The fourth-order valence-corrected chi connectivity index (χ4v) is 5.12. The number of hydrogen-bond acceptors (Lipinski definition) is 5. The highest BCUT2D eigenvalue weighted by Gasteiger charge is 2.42. The Kier molecular flexibility index (Phi) is 7.11. The second-order valence-corrected chi connectivity index (χ2v) is 9.28. The fourth-order valence-electron chi connectivity index (χ4n) is 5.12. The molecule has 3 atom stereocenters. The van der Waals surface area contributed by atoms with Crippen LogP contribution >= 0.6 is 0 Å². The van der Waals surface area contributed by atoms with Crippen LogP contribution in [0.1, 0.15) is 34.8 Å². The van der Waals surface area contributed by atoms with E-state index < -0.39 is 5.92 Å². The first kappa shape index (κ1) is 24.1. The Labute approximate surface area is 209 Å². The van der Waals surface area contributed by atoms with Crippen LogP contribution < -0.4 is 15.8 Å². The van der Waals surface area contributed by atoms with Crippen molar-refractivity contribution in [3.63, 3.8) is 0 Å². The molecule has 0 aromatic heterocycles. The largest absolute Gasteiger partial charge is 0.379 e. The molecule has 2 aliphatic heterocycles. The smallest absolute Gasteiger partial charge is 0.251 e. The van der Waals surface area contributed by atoms with Gasteiger partial charge in [0.1, 0.15) is 5.82 Å². The van der Waals surface area contributed by atoms with Crippen LogP contribution in [0.25, 0.3) is 0 Å². The minimum Gasteiger partial charge on any atom is -0.379 e. The minimum atomic E-state index is -0.401. The molecule has 0 bridgehead atoms. The van der Waals surface area contributed by atoms with Crippen molar-refractivity contribution in [3.05, 3.63) is 77.6 Å². The number of halogens is 1. The molecule has 0 saturated carbocycles. The van der Waals surface area contributed by atoms with Gasteiger partial charge in [-0.15, -0.1) is 0 Å².